The van der Waals surface area contributed by atoms with Gasteiger partial charge in [-0.2, -0.15) is 0 Å². The Hall–Kier alpha value is -0.910. The third-order valence-electron chi connectivity index (χ3n) is 4.32. The lowest BCUT2D eigenvalue weighted by Gasteiger charge is -2.30. The molecule has 0 saturated carbocycles. The summed E-state index contributed by atoms with van der Waals surface area (Å²) in [6, 6.07) is 5.54. The predicted octanol–water partition coefficient (Wildman–Crippen LogP) is 2.70. The number of aryl methyl sites for hydroxylation is 2. The zero-order chi connectivity index (χ0) is 16.2. The monoisotopic (exact) mass is 324 g/mol. The van der Waals surface area contributed by atoms with Crippen LogP contribution in [0.1, 0.15) is 37.3 Å². The first kappa shape index (κ1) is 17.4. The van der Waals surface area contributed by atoms with Crippen LogP contribution in [0.25, 0.3) is 0 Å². The minimum atomic E-state index is -3.40. The van der Waals surface area contributed by atoms with Gasteiger partial charge in [-0.25, -0.2) is 13.1 Å². The average molecular weight is 324 g/mol. The molecule has 22 heavy (non-hydrogen) atoms. The van der Waals surface area contributed by atoms with E-state index in [0.717, 1.165) is 43.1 Å². The van der Waals surface area contributed by atoms with E-state index in [1.807, 2.05) is 26.0 Å². The van der Waals surface area contributed by atoms with Crippen molar-refractivity contribution >= 4 is 10.0 Å². The molecule has 0 radical (unpaired) electrons. The summed E-state index contributed by atoms with van der Waals surface area (Å²) < 4.78 is 27.5. The maximum Gasteiger partial charge on any atom is 0.240 e. The van der Waals surface area contributed by atoms with Crippen LogP contribution in [0.15, 0.2) is 23.1 Å². The summed E-state index contributed by atoms with van der Waals surface area (Å²) in [5.74, 6) is 0.764. The standard InChI is InChI=1S/C17H28N2O2S/c1-14-7-8-16(3)17(12-14)22(20,21)18-9-5-11-19-10-4-6-15(2)13-19/h7-8,12,15,18H,4-6,9-11,13H2,1-3H3. The van der Waals surface area contributed by atoms with Gasteiger partial charge in [0.1, 0.15) is 0 Å². The van der Waals surface area contributed by atoms with Gasteiger partial charge in [0.2, 0.25) is 10.0 Å². The first-order valence-corrected chi connectivity index (χ1v) is 9.66. The van der Waals surface area contributed by atoms with Gasteiger partial charge < -0.3 is 4.90 Å². The molecule has 5 heteroatoms. The molecule has 0 aliphatic carbocycles. The molecule has 1 aliphatic heterocycles. The van der Waals surface area contributed by atoms with Crippen molar-refractivity contribution in [3.05, 3.63) is 29.3 Å². The minimum Gasteiger partial charge on any atom is -0.303 e. The first-order valence-electron chi connectivity index (χ1n) is 8.18. The lowest BCUT2D eigenvalue weighted by Crippen LogP contribution is -2.36. The number of sulfonamides is 1. The maximum absolute atomic E-state index is 12.4. The molecule has 1 saturated heterocycles. The van der Waals surface area contributed by atoms with Gasteiger partial charge in [0, 0.05) is 13.1 Å². The Morgan fingerprint density at radius 1 is 1.32 bits per heavy atom. The molecule has 1 heterocycles. The van der Waals surface area contributed by atoms with Crippen LogP contribution in [0.5, 0.6) is 0 Å². The van der Waals surface area contributed by atoms with Crippen molar-refractivity contribution in [1.29, 1.82) is 0 Å². The van der Waals surface area contributed by atoms with Crippen molar-refractivity contribution in [1.82, 2.24) is 9.62 Å². The summed E-state index contributed by atoms with van der Waals surface area (Å²) in [5, 5.41) is 0. The van der Waals surface area contributed by atoms with E-state index in [2.05, 4.69) is 16.5 Å². The lowest BCUT2D eigenvalue weighted by molar-refractivity contribution is 0.182. The van der Waals surface area contributed by atoms with E-state index in [0.29, 0.717) is 11.4 Å². The Balaban J connectivity index is 1.84. The molecule has 0 spiro atoms. The van der Waals surface area contributed by atoms with E-state index in [-0.39, 0.29) is 0 Å². The van der Waals surface area contributed by atoms with E-state index in [1.54, 1.807) is 6.07 Å². The van der Waals surface area contributed by atoms with E-state index in [4.69, 9.17) is 0 Å². The topological polar surface area (TPSA) is 49.4 Å². The maximum atomic E-state index is 12.4. The van der Waals surface area contributed by atoms with E-state index < -0.39 is 10.0 Å². The Kier molecular flexibility index (Phi) is 6.01. The summed E-state index contributed by atoms with van der Waals surface area (Å²) in [4.78, 5) is 2.85. The summed E-state index contributed by atoms with van der Waals surface area (Å²) in [6.07, 6.45) is 3.43. The van der Waals surface area contributed by atoms with Crippen LogP contribution in [0.3, 0.4) is 0 Å². The molecule has 0 aromatic heterocycles. The van der Waals surface area contributed by atoms with Crippen LogP contribution < -0.4 is 4.72 Å². The van der Waals surface area contributed by atoms with Gasteiger partial charge in [0.15, 0.2) is 0 Å². The fourth-order valence-electron chi connectivity index (χ4n) is 3.07. The fraction of sp³-hybridized carbons (Fsp3) is 0.647. The van der Waals surface area contributed by atoms with E-state index in [1.165, 1.54) is 12.8 Å². The molecular weight excluding hydrogens is 296 g/mol. The highest BCUT2D eigenvalue weighted by Gasteiger charge is 2.18. The van der Waals surface area contributed by atoms with Crippen LogP contribution in [0.4, 0.5) is 0 Å². The van der Waals surface area contributed by atoms with Crippen LogP contribution in [0.2, 0.25) is 0 Å². The van der Waals surface area contributed by atoms with Crippen LogP contribution in [0, 0.1) is 19.8 Å². The second kappa shape index (κ2) is 7.57. The Morgan fingerprint density at radius 2 is 2.09 bits per heavy atom. The van der Waals surface area contributed by atoms with Gasteiger partial charge in [-0.05, 0) is 69.3 Å². The summed E-state index contributed by atoms with van der Waals surface area (Å²) in [7, 11) is -3.40. The third-order valence-corrected chi connectivity index (χ3v) is 5.92. The van der Waals surface area contributed by atoms with Gasteiger partial charge in [0.25, 0.3) is 0 Å². The summed E-state index contributed by atoms with van der Waals surface area (Å²) in [6.45, 7) is 9.80. The molecule has 1 aromatic carbocycles. The van der Waals surface area contributed by atoms with Crippen molar-refractivity contribution in [2.75, 3.05) is 26.2 Å². The molecule has 0 amide bonds. The third kappa shape index (κ3) is 4.80. The van der Waals surface area contributed by atoms with Gasteiger partial charge in [0.05, 0.1) is 4.90 Å². The molecule has 4 nitrogen and oxygen atoms in total. The molecule has 1 fully saturated rings. The molecule has 0 bridgehead atoms. The summed E-state index contributed by atoms with van der Waals surface area (Å²) in [5.41, 5.74) is 1.76. The normalized spacial score (nSPS) is 20.2. The molecule has 1 unspecified atom stereocenters. The number of rotatable bonds is 6. The number of hydrogen-bond donors (Lipinski definition) is 1. The Labute approximate surface area is 135 Å². The minimum absolute atomic E-state index is 0.402. The highest BCUT2D eigenvalue weighted by Crippen LogP contribution is 2.17. The van der Waals surface area contributed by atoms with Crippen molar-refractivity contribution in [3.63, 3.8) is 0 Å². The molecule has 1 atom stereocenters. The highest BCUT2D eigenvalue weighted by atomic mass is 32.2. The van der Waals surface area contributed by atoms with Crippen LogP contribution >= 0.6 is 0 Å². The number of likely N-dealkylation sites (tertiary alicyclic amines) is 1. The van der Waals surface area contributed by atoms with E-state index >= 15 is 0 Å². The second-order valence-electron chi connectivity index (χ2n) is 6.57. The van der Waals surface area contributed by atoms with Crippen molar-refractivity contribution < 1.29 is 8.42 Å². The summed E-state index contributed by atoms with van der Waals surface area (Å²) >= 11 is 0. The Morgan fingerprint density at radius 3 is 2.82 bits per heavy atom. The number of benzene rings is 1. The molecule has 2 rings (SSSR count). The Bertz CT molecular complexity index is 599. The number of nitrogens with one attached hydrogen (secondary N) is 1. The van der Waals surface area contributed by atoms with Gasteiger partial charge in [-0.3, -0.25) is 0 Å². The zero-order valence-electron chi connectivity index (χ0n) is 13.9. The average Bonchev–Trinajstić information content (AvgIpc) is 2.46. The SMILES string of the molecule is Cc1ccc(C)c(S(=O)(=O)NCCCN2CCCC(C)C2)c1. The van der Waals surface area contributed by atoms with Gasteiger partial charge in [-0.1, -0.05) is 19.1 Å². The second-order valence-corrected chi connectivity index (χ2v) is 8.30. The number of hydrogen-bond acceptors (Lipinski definition) is 3. The smallest absolute Gasteiger partial charge is 0.240 e. The molecule has 1 aliphatic rings. The molecular formula is C17H28N2O2S. The number of nitrogens with zero attached hydrogens (tertiary/aromatic N) is 1. The fourth-order valence-corrected chi connectivity index (χ4v) is 4.48. The first-order chi connectivity index (χ1) is 10.4. The zero-order valence-corrected chi connectivity index (χ0v) is 14.7. The molecule has 1 N–H and O–H groups in total. The van der Waals surface area contributed by atoms with Gasteiger partial charge >= 0.3 is 0 Å². The van der Waals surface area contributed by atoms with Gasteiger partial charge in [-0.15, -0.1) is 0 Å². The highest BCUT2D eigenvalue weighted by molar-refractivity contribution is 7.89. The molecule has 1 aromatic rings. The van der Waals surface area contributed by atoms with Crippen molar-refractivity contribution in [2.24, 2.45) is 5.92 Å². The quantitative estimate of drug-likeness (QED) is 0.819. The predicted molar refractivity (Wildman–Crippen MR) is 90.6 cm³/mol. The van der Waals surface area contributed by atoms with Crippen molar-refractivity contribution in [2.45, 2.75) is 44.9 Å². The van der Waals surface area contributed by atoms with E-state index in [9.17, 15) is 8.42 Å². The van der Waals surface area contributed by atoms with Crippen LogP contribution in [-0.4, -0.2) is 39.5 Å². The van der Waals surface area contributed by atoms with Crippen LogP contribution in [-0.2, 0) is 10.0 Å². The largest absolute Gasteiger partial charge is 0.303 e. The molecule has 124 valence electrons. The van der Waals surface area contributed by atoms with Crippen molar-refractivity contribution in [3.8, 4) is 0 Å². The number of piperidine rings is 1. The lowest BCUT2D eigenvalue weighted by atomic mass is 10.0.